The Labute approximate surface area is 126 Å². The van der Waals surface area contributed by atoms with E-state index in [9.17, 15) is 9.59 Å². The summed E-state index contributed by atoms with van der Waals surface area (Å²) in [5, 5.41) is 11.5. The fourth-order valence-electron chi connectivity index (χ4n) is 1.75. The zero-order valence-electron chi connectivity index (χ0n) is 11.4. The molecule has 0 spiro atoms. The molecule has 1 heterocycles. The molecule has 6 heteroatoms. The molecule has 1 amide bonds. The van der Waals surface area contributed by atoms with E-state index in [2.05, 4.69) is 0 Å². The third kappa shape index (κ3) is 3.82. The SMILES string of the molecule is CC(C(=O)O)N(C(=O)OCc1ccccc1)c1cccs1. The van der Waals surface area contributed by atoms with Crippen LogP contribution in [0.5, 0.6) is 0 Å². The normalized spacial score (nSPS) is 11.7. The van der Waals surface area contributed by atoms with Crippen molar-refractivity contribution in [2.24, 2.45) is 0 Å². The predicted octanol–water partition coefficient (Wildman–Crippen LogP) is 3.36. The first-order valence-corrected chi connectivity index (χ1v) is 7.24. The van der Waals surface area contributed by atoms with Gasteiger partial charge in [-0.25, -0.2) is 9.59 Å². The molecule has 2 aromatic rings. The fraction of sp³-hybridized carbons (Fsp3) is 0.200. The second-order valence-corrected chi connectivity index (χ2v) is 5.30. The lowest BCUT2D eigenvalue weighted by atomic mass is 10.2. The maximum absolute atomic E-state index is 12.2. The van der Waals surface area contributed by atoms with E-state index < -0.39 is 18.1 Å². The van der Waals surface area contributed by atoms with Gasteiger partial charge in [-0.3, -0.25) is 4.90 Å². The van der Waals surface area contributed by atoms with Gasteiger partial charge in [0.1, 0.15) is 17.6 Å². The molecule has 110 valence electrons. The van der Waals surface area contributed by atoms with E-state index in [1.165, 1.54) is 18.3 Å². The van der Waals surface area contributed by atoms with E-state index in [1.54, 1.807) is 17.5 Å². The quantitative estimate of drug-likeness (QED) is 0.919. The van der Waals surface area contributed by atoms with Crippen molar-refractivity contribution in [2.45, 2.75) is 19.6 Å². The fourth-order valence-corrected chi connectivity index (χ4v) is 2.55. The standard InChI is InChI=1S/C15H15NO4S/c1-11(14(17)18)16(13-8-5-9-21-13)15(19)20-10-12-6-3-2-4-7-12/h2-9,11H,10H2,1H3,(H,17,18). The van der Waals surface area contributed by atoms with Gasteiger partial charge in [0, 0.05) is 0 Å². The van der Waals surface area contributed by atoms with E-state index in [1.807, 2.05) is 30.3 Å². The lowest BCUT2D eigenvalue weighted by molar-refractivity contribution is -0.138. The Bertz CT molecular complexity index is 597. The van der Waals surface area contributed by atoms with Crippen LogP contribution in [0.2, 0.25) is 0 Å². The number of hydrogen-bond acceptors (Lipinski definition) is 4. The van der Waals surface area contributed by atoms with Gasteiger partial charge in [-0.05, 0) is 30.0 Å². The highest BCUT2D eigenvalue weighted by atomic mass is 32.1. The summed E-state index contributed by atoms with van der Waals surface area (Å²) >= 11 is 1.29. The summed E-state index contributed by atoms with van der Waals surface area (Å²) in [5.41, 5.74) is 0.847. The molecule has 0 aliphatic carbocycles. The van der Waals surface area contributed by atoms with Crippen molar-refractivity contribution in [3.05, 3.63) is 53.4 Å². The number of carboxylic acid groups (broad SMARTS) is 1. The highest BCUT2D eigenvalue weighted by molar-refractivity contribution is 7.14. The molecule has 2 rings (SSSR count). The van der Waals surface area contributed by atoms with Crippen LogP contribution in [-0.4, -0.2) is 23.2 Å². The predicted molar refractivity (Wildman–Crippen MR) is 80.5 cm³/mol. The topological polar surface area (TPSA) is 66.8 Å². The van der Waals surface area contributed by atoms with E-state index in [4.69, 9.17) is 9.84 Å². The highest BCUT2D eigenvalue weighted by Gasteiger charge is 2.29. The van der Waals surface area contributed by atoms with Gasteiger partial charge in [-0.1, -0.05) is 30.3 Å². The van der Waals surface area contributed by atoms with Gasteiger partial charge in [0.05, 0.1) is 0 Å². The average Bonchev–Trinajstić information content (AvgIpc) is 3.00. The third-order valence-electron chi connectivity index (χ3n) is 2.89. The Balaban J connectivity index is 2.10. The minimum absolute atomic E-state index is 0.105. The summed E-state index contributed by atoms with van der Waals surface area (Å²) in [6.45, 7) is 1.56. The van der Waals surface area contributed by atoms with Crippen LogP contribution < -0.4 is 4.90 Å². The first-order valence-electron chi connectivity index (χ1n) is 6.36. The number of benzene rings is 1. The van der Waals surface area contributed by atoms with Crippen molar-refractivity contribution in [1.82, 2.24) is 0 Å². The van der Waals surface area contributed by atoms with Crippen molar-refractivity contribution in [2.75, 3.05) is 4.90 Å². The Morgan fingerprint density at radius 1 is 1.24 bits per heavy atom. The van der Waals surface area contributed by atoms with Crippen LogP contribution in [0.3, 0.4) is 0 Å². The maximum atomic E-state index is 12.2. The molecular weight excluding hydrogens is 290 g/mol. The number of carboxylic acids is 1. The van der Waals surface area contributed by atoms with Crippen molar-refractivity contribution in [3.63, 3.8) is 0 Å². The molecule has 0 fully saturated rings. The van der Waals surface area contributed by atoms with E-state index >= 15 is 0 Å². The Morgan fingerprint density at radius 3 is 2.52 bits per heavy atom. The molecule has 1 aromatic heterocycles. The first-order chi connectivity index (χ1) is 10.1. The number of hydrogen-bond donors (Lipinski definition) is 1. The maximum Gasteiger partial charge on any atom is 0.416 e. The van der Waals surface area contributed by atoms with Gasteiger partial charge in [0.15, 0.2) is 0 Å². The molecule has 0 aliphatic rings. The Morgan fingerprint density at radius 2 is 1.95 bits per heavy atom. The zero-order chi connectivity index (χ0) is 15.2. The average molecular weight is 305 g/mol. The number of carbonyl (C=O) groups is 2. The molecule has 1 atom stereocenters. The van der Waals surface area contributed by atoms with Crippen LogP contribution >= 0.6 is 11.3 Å². The molecule has 21 heavy (non-hydrogen) atoms. The van der Waals surface area contributed by atoms with Crippen LogP contribution in [0.4, 0.5) is 9.80 Å². The van der Waals surface area contributed by atoms with E-state index in [0.717, 1.165) is 10.5 Å². The van der Waals surface area contributed by atoms with Crippen LogP contribution in [0, 0.1) is 0 Å². The summed E-state index contributed by atoms with van der Waals surface area (Å²) in [6, 6.07) is 11.7. The van der Waals surface area contributed by atoms with Crippen molar-refractivity contribution in [1.29, 1.82) is 0 Å². The zero-order valence-corrected chi connectivity index (χ0v) is 12.2. The molecule has 0 bridgehead atoms. The van der Waals surface area contributed by atoms with Gasteiger partial charge < -0.3 is 9.84 Å². The second kappa shape index (κ2) is 6.90. The van der Waals surface area contributed by atoms with Crippen LogP contribution in [0.25, 0.3) is 0 Å². The van der Waals surface area contributed by atoms with Gasteiger partial charge in [-0.2, -0.15) is 0 Å². The molecule has 1 N–H and O–H groups in total. The number of rotatable bonds is 5. The smallest absolute Gasteiger partial charge is 0.416 e. The van der Waals surface area contributed by atoms with Crippen LogP contribution in [-0.2, 0) is 16.1 Å². The molecule has 0 aliphatic heterocycles. The molecular formula is C15H15NO4S. The first kappa shape index (κ1) is 15.1. The number of nitrogens with zero attached hydrogens (tertiary/aromatic N) is 1. The van der Waals surface area contributed by atoms with Crippen molar-refractivity contribution in [3.8, 4) is 0 Å². The number of thiophene rings is 1. The molecule has 5 nitrogen and oxygen atoms in total. The number of amides is 1. The van der Waals surface area contributed by atoms with Crippen molar-refractivity contribution >= 4 is 28.4 Å². The van der Waals surface area contributed by atoms with Gasteiger partial charge >= 0.3 is 12.1 Å². The molecule has 0 saturated heterocycles. The van der Waals surface area contributed by atoms with E-state index in [0.29, 0.717) is 5.00 Å². The van der Waals surface area contributed by atoms with Crippen LogP contribution in [0.1, 0.15) is 12.5 Å². The minimum Gasteiger partial charge on any atom is -0.480 e. The summed E-state index contributed by atoms with van der Waals surface area (Å²) in [4.78, 5) is 24.5. The summed E-state index contributed by atoms with van der Waals surface area (Å²) in [7, 11) is 0. The largest absolute Gasteiger partial charge is 0.480 e. The molecule has 0 radical (unpaired) electrons. The van der Waals surface area contributed by atoms with E-state index in [-0.39, 0.29) is 6.61 Å². The highest BCUT2D eigenvalue weighted by Crippen LogP contribution is 2.24. The number of ether oxygens (including phenoxy) is 1. The number of anilines is 1. The lowest BCUT2D eigenvalue weighted by Crippen LogP contribution is -2.43. The number of aliphatic carboxylic acids is 1. The van der Waals surface area contributed by atoms with Gasteiger partial charge in [0.2, 0.25) is 0 Å². The molecule has 0 saturated carbocycles. The summed E-state index contributed by atoms with van der Waals surface area (Å²) in [6.07, 6.45) is -0.670. The Hall–Kier alpha value is -2.34. The monoisotopic (exact) mass is 305 g/mol. The second-order valence-electron chi connectivity index (χ2n) is 4.38. The number of carbonyl (C=O) groups excluding carboxylic acids is 1. The van der Waals surface area contributed by atoms with Gasteiger partial charge in [-0.15, -0.1) is 11.3 Å². The summed E-state index contributed by atoms with van der Waals surface area (Å²) < 4.78 is 5.22. The van der Waals surface area contributed by atoms with Crippen LogP contribution in [0.15, 0.2) is 47.8 Å². The molecule has 1 aromatic carbocycles. The lowest BCUT2D eigenvalue weighted by Gasteiger charge is -2.24. The summed E-state index contributed by atoms with van der Waals surface area (Å²) in [5.74, 6) is -1.08. The van der Waals surface area contributed by atoms with Crippen molar-refractivity contribution < 1.29 is 19.4 Å². The third-order valence-corrected chi connectivity index (χ3v) is 3.76. The van der Waals surface area contributed by atoms with Gasteiger partial charge in [0.25, 0.3) is 0 Å². The minimum atomic E-state index is -1.08. The molecule has 1 unspecified atom stereocenters. The Kier molecular flexibility index (Phi) is 4.94.